The summed E-state index contributed by atoms with van der Waals surface area (Å²) in [4.78, 5) is 11.2. The smallest absolute Gasteiger partial charge is 0.333 e. The third-order valence-corrected chi connectivity index (χ3v) is 8.66. The summed E-state index contributed by atoms with van der Waals surface area (Å²) in [5.41, 5.74) is 0.474. The number of rotatable bonds is 12. The van der Waals surface area contributed by atoms with Crippen molar-refractivity contribution in [2.24, 2.45) is 0 Å². The normalized spacial score (nSPS) is 11.4. The number of unbranched alkanes of at least 4 members (excludes halogenated alkanes) is 2. The summed E-state index contributed by atoms with van der Waals surface area (Å²) < 4.78 is 11.0. The molecule has 0 saturated carbocycles. The van der Waals surface area contributed by atoms with Gasteiger partial charge < -0.3 is 9.16 Å². The van der Waals surface area contributed by atoms with Crippen LogP contribution in [-0.4, -0.2) is 28.0 Å². The molecule has 0 saturated heterocycles. The quantitative estimate of drug-likeness (QED) is 0.227. The van der Waals surface area contributed by atoms with Crippen LogP contribution < -0.4 is 0 Å². The molecule has 0 unspecified atom stereocenters. The molecule has 0 aliphatic heterocycles. The highest BCUT2D eigenvalue weighted by atomic mass is 28.4. The fraction of sp³-hybridized carbons (Fsp3) is 0.812. The van der Waals surface area contributed by atoms with Crippen molar-refractivity contribution in [3.8, 4) is 0 Å². The molecule has 0 aromatic rings. The van der Waals surface area contributed by atoms with Crippen LogP contribution in [0.5, 0.6) is 0 Å². The lowest BCUT2D eigenvalue weighted by Gasteiger charge is -2.29. The Kier molecular flexibility index (Phi) is 10.8. The predicted molar refractivity (Wildman–Crippen MR) is 87.4 cm³/mol. The lowest BCUT2D eigenvalue weighted by atomic mass is 10.3. The minimum absolute atomic E-state index is 0.275. The van der Waals surface area contributed by atoms with Crippen molar-refractivity contribution in [1.82, 2.24) is 0 Å². The molecule has 0 N–H and O–H groups in total. The molecule has 0 aliphatic carbocycles. The molecule has 3 nitrogen and oxygen atoms in total. The Hall–Kier alpha value is -0.613. The predicted octanol–water partition coefficient (Wildman–Crippen LogP) is 4.69. The van der Waals surface area contributed by atoms with Crippen molar-refractivity contribution < 1.29 is 14.0 Å². The van der Waals surface area contributed by atoms with Crippen LogP contribution in [0.4, 0.5) is 0 Å². The SMILES string of the molecule is C=C(C)C(=O)OCCCCC[Si](CCC)(CCC)OC. The van der Waals surface area contributed by atoms with Crippen molar-refractivity contribution in [3.63, 3.8) is 0 Å². The van der Waals surface area contributed by atoms with Gasteiger partial charge in [-0.05, 0) is 31.5 Å². The largest absolute Gasteiger partial charge is 0.462 e. The molecule has 4 heteroatoms. The minimum atomic E-state index is -1.49. The van der Waals surface area contributed by atoms with E-state index in [2.05, 4.69) is 20.4 Å². The van der Waals surface area contributed by atoms with Gasteiger partial charge in [-0.1, -0.05) is 46.1 Å². The van der Waals surface area contributed by atoms with E-state index in [1.807, 2.05) is 7.11 Å². The van der Waals surface area contributed by atoms with Crippen LogP contribution in [0, 0.1) is 0 Å². The summed E-state index contributed by atoms with van der Waals surface area (Å²) in [5.74, 6) is -0.275. The van der Waals surface area contributed by atoms with E-state index in [9.17, 15) is 4.79 Å². The Morgan fingerprint density at radius 2 is 1.65 bits per heavy atom. The lowest BCUT2D eigenvalue weighted by molar-refractivity contribution is -0.139. The van der Waals surface area contributed by atoms with Crippen LogP contribution in [0.2, 0.25) is 18.1 Å². The zero-order chi connectivity index (χ0) is 15.4. The summed E-state index contributed by atoms with van der Waals surface area (Å²) in [5, 5.41) is 0. The zero-order valence-corrected chi connectivity index (χ0v) is 14.8. The summed E-state index contributed by atoms with van der Waals surface area (Å²) in [6.07, 6.45) is 5.66. The molecular weight excluding hydrogens is 268 g/mol. The number of esters is 1. The van der Waals surface area contributed by atoms with Gasteiger partial charge in [0, 0.05) is 12.7 Å². The Balaban J connectivity index is 3.89. The first-order valence-electron chi connectivity index (χ1n) is 7.89. The third-order valence-electron chi connectivity index (χ3n) is 3.70. The fourth-order valence-corrected chi connectivity index (χ4v) is 6.69. The van der Waals surface area contributed by atoms with Crippen molar-refractivity contribution >= 4 is 14.3 Å². The minimum Gasteiger partial charge on any atom is -0.462 e. The van der Waals surface area contributed by atoms with E-state index in [0.717, 1.165) is 12.8 Å². The van der Waals surface area contributed by atoms with Gasteiger partial charge in [0.15, 0.2) is 8.32 Å². The molecular formula is C16H32O3Si. The number of hydrogen-bond acceptors (Lipinski definition) is 3. The highest BCUT2D eigenvalue weighted by Gasteiger charge is 2.30. The molecule has 0 radical (unpaired) electrons. The van der Waals surface area contributed by atoms with E-state index in [4.69, 9.17) is 9.16 Å². The van der Waals surface area contributed by atoms with Gasteiger partial charge in [-0.15, -0.1) is 0 Å². The summed E-state index contributed by atoms with van der Waals surface area (Å²) in [7, 11) is 0.404. The monoisotopic (exact) mass is 300 g/mol. The molecule has 118 valence electrons. The van der Waals surface area contributed by atoms with Crippen LogP contribution >= 0.6 is 0 Å². The molecule has 0 spiro atoms. The van der Waals surface area contributed by atoms with E-state index < -0.39 is 8.32 Å². The summed E-state index contributed by atoms with van der Waals surface area (Å²) in [6.45, 7) is 10.2. The summed E-state index contributed by atoms with van der Waals surface area (Å²) in [6, 6.07) is 3.77. The van der Waals surface area contributed by atoms with Gasteiger partial charge in [0.2, 0.25) is 0 Å². The Morgan fingerprint density at radius 1 is 1.05 bits per heavy atom. The standard InChI is InChI=1S/C16H32O3Si/c1-6-12-20(18-5,13-7-2)14-10-8-9-11-19-16(17)15(3)4/h3,6-14H2,1-2,4-5H3. The van der Waals surface area contributed by atoms with Gasteiger partial charge in [-0.25, -0.2) is 4.79 Å². The van der Waals surface area contributed by atoms with Gasteiger partial charge in [-0.2, -0.15) is 0 Å². The van der Waals surface area contributed by atoms with Gasteiger partial charge in [0.25, 0.3) is 0 Å². The Labute approximate surface area is 125 Å². The van der Waals surface area contributed by atoms with E-state index in [0.29, 0.717) is 12.2 Å². The molecule has 0 rings (SSSR count). The Morgan fingerprint density at radius 3 is 2.10 bits per heavy atom. The molecule has 0 amide bonds. The van der Waals surface area contributed by atoms with Crippen molar-refractivity contribution in [2.45, 2.75) is 71.0 Å². The molecule has 20 heavy (non-hydrogen) atoms. The number of carbonyl (C=O) groups excluding carboxylic acids is 1. The number of hydrogen-bond donors (Lipinski definition) is 0. The van der Waals surface area contributed by atoms with Crippen LogP contribution in [0.15, 0.2) is 12.2 Å². The third kappa shape index (κ3) is 7.85. The molecule has 0 fully saturated rings. The van der Waals surface area contributed by atoms with Crippen LogP contribution in [0.25, 0.3) is 0 Å². The first-order valence-corrected chi connectivity index (χ1v) is 10.4. The van der Waals surface area contributed by atoms with Gasteiger partial charge in [-0.3, -0.25) is 0 Å². The first kappa shape index (κ1) is 19.4. The molecule has 0 aliphatic rings. The topological polar surface area (TPSA) is 35.5 Å². The lowest BCUT2D eigenvalue weighted by Crippen LogP contribution is -2.36. The van der Waals surface area contributed by atoms with E-state index in [1.54, 1.807) is 6.92 Å². The maximum absolute atomic E-state index is 11.2. The molecule has 0 bridgehead atoms. The average molecular weight is 301 g/mol. The van der Waals surface area contributed by atoms with Crippen molar-refractivity contribution in [3.05, 3.63) is 12.2 Å². The maximum atomic E-state index is 11.2. The van der Waals surface area contributed by atoms with Crippen LogP contribution in [0.3, 0.4) is 0 Å². The average Bonchev–Trinajstić information content (AvgIpc) is 2.42. The molecule has 0 aromatic carbocycles. The van der Waals surface area contributed by atoms with Crippen molar-refractivity contribution in [2.75, 3.05) is 13.7 Å². The molecule has 0 aromatic heterocycles. The van der Waals surface area contributed by atoms with E-state index in [1.165, 1.54) is 37.4 Å². The summed E-state index contributed by atoms with van der Waals surface area (Å²) >= 11 is 0. The maximum Gasteiger partial charge on any atom is 0.333 e. The highest BCUT2D eigenvalue weighted by Crippen LogP contribution is 2.27. The fourth-order valence-electron chi connectivity index (χ4n) is 2.61. The van der Waals surface area contributed by atoms with E-state index in [-0.39, 0.29) is 5.97 Å². The molecule has 0 atom stereocenters. The van der Waals surface area contributed by atoms with Crippen molar-refractivity contribution in [1.29, 1.82) is 0 Å². The number of carbonyl (C=O) groups is 1. The van der Waals surface area contributed by atoms with Gasteiger partial charge >= 0.3 is 5.97 Å². The van der Waals surface area contributed by atoms with Gasteiger partial charge in [0.05, 0.1) is 6.61 Å². The second-order valence-electron chi connectivity index (χ2n) is 5.61. The second kappa shape index (κ2) is 11.1. The van der Waals surface area contributed by atoms with Gasteiger partial charge in [0.1, 0.15) is 0 Å². The van der Waals surface area contributed by atoms with E-state index >= 15 is 0 Å². The van der Waals surface area contributed by atoms with Crippen LogP contribution in [0.1, 0.15) is 52.9 Å². The van der Waals surface area contributed by atoms with Crippen LogP contribution in [-0.2, 0) is 14.0 Å². The molecule has 0 heterocycles. The number of ether oxygens (including phenoxy) is 1. The second-order valence-corrected chi connectivity index (χ2v) is 9.89. The highest BCUT2D eigenvalue weighted by molar-refractivity contribution is 6.73. The first-order chi connectivity index (χ1) is 9.51. The Bertz CT molecular complexity index is 283. The zero-order valence-electron chi connectivity index (χ0n) is 13.8.